The first-order valence-corrected chi connectivity index (χ1v) is 6.20. The maximum Gasteiger partial charge on any atom is 0.137 e. The minimum atomic E-state index is -0.265. The fraction of sp³-hybridized carbons (Fsp3) is 0.500. The van der Waals surface area contributed by atoms with Crippen LogP contribution in [0.4, 0.5) is 4.39 Å². The van der Waals surface area contributed by atoms with Crippen LogP contribution >= 0.6 is 15.9 Å². The summed E-state index contributed by atoms with van der Waals surface area (Å²) in [5, 5.41) is 0. The maximum absolute atomic E-state index is 13.0. The van der Waals surface area contributed by atoms with Gasteiger partial charge in [-0.2, -0.15) is 0 Å². The normalized spacial score (nSPS) is 17.4. The fourth-order valence-corrected chi connectivity index (χ4v) is 2.05. The average molecular weight is 289 g/mol. The second kappa shape index (κ2) is 5.64. The molecule has 1 aliphatic heterocycles. The third-order valence-electron chi connectivity index (χ3n) is 2.72. The molecule has 1 aromatic rings. The van der Waals surface area contributed by atoms with Crippen molar-refractivity contribution in [2.45, 2.75) is 12.8 Å². The molecule has 1 heterocycles. The summed E-state index contributed by atoms with van der Waals surface area (Å²) in [4.78, 5) is 0. The summed E-state index contributed by atoms with van der Waals surface area (Å²) in [5.41, 5.74) is 0. The molecule has 0 unspecified atom stereocenters. The van der Waals surface area contributed by atoms with E-state index in [1.54, 1.807) is 12.1 Å². The monoisotopic (exact) mass is 288 g/mol. The average Bonchev–Trinajstić information content (AvgIpc) is 2.32. The van der Waals surface area contributed by atoms with Crippen molar-refractivity contribution in [2.75, 3.05) is 19.8 Å². The predicted octanol–water partition coefficient (Wildman–Crippen LogP) is 3.39. The van der Waals surface area contributed by atoms with Crippen molar-refractivity contribution in [3.63, 3.8) is 0 Å². The first-order valence-electron chi connectivity index (χ1n) is 5.41. The van der Waals surface area contributed by atoms with Crippen molar-refractivity contribution in [2.24, 2.45) is 5.92 Å². The summed E-state index contributed by atoms with van der Waals surface area (Å²) >= 11 is 3.14. The Labute approximate surface area is 103 Å². The topological polar surface area (TPSA) is 18.5 Å². The van der Waals surface area contributed by atoms with Gasteiger partial charge in [-0.25, -0.2) is 4.39 Å². The van der Waals surface area contributed by atoms with Crippen LogP contribution in [0.25, 0.3) is 0 Å². The number of hydrogen-bond donors (Lipinski definition) is 0. The van der Waals surface area contributed by atoms with Crippen LogP contribution < -0.4 is 4.74 Å². The molecule has 0 radical (unpaired) electrons. The van der Waals surface area contributed by atoms with Gasteiger partial charge in [-0.05, 0) is 52.9 Å². The van der Waals surface area contributed by atoms with Gasteiger partial charge in [-0.15, -0.1) is 0 Å². The van der Waals surface area contributed by atoms with Crippen LogP contribution in [0.3, 0.4) is 0 Å². The number of ether oxygens (including phenoxy) is 2. The molecule has 1 aliphatic rings. The number of hydrogen-bond acceptors (Lipinski definition) is 2. The minimum Gasteiger partial charge on any atom is -0.493 e. The van der Waals surface area contributed by atoms with Crippen molar-refractivity contribution in [1.82, 2.24) is 0 Å². The Kier molecular flexibility index (Phi) is 4.18. The largest absolute Gasteiger partial charge is 0.493 e. The zero-order valence-corrected chi connectivity index (χ0v) is 10.5. The molecule has 0 amide bonds. The highest BCUT2D eigenvalue weighted by Gasteiger charge is 2.14. The molecule has 2 rings (SSSR count). The summed E-state index contributed by atoms with van der Waals surface area (Å²) < 4.78 is 24.3. The van der Waals surface area contributed by atoms with Crippen LogP contribution in [0.2, 0.25) is 0 Å². The molecule has 1 aromatic carbocycles. The Morgan fingerprint density at radius 2 is 2.12 bits per heavy atom. The minimum absolute atomic E-state index is 0.265. The molecule has 0 atom stereocenters. The highest BCUT2D eigenvalue weighted by Crippen LogP contribution is 2.23. The van der Waals surface area contributed by atoms with Crippen molar-refractivity contribution in [3.8, 4) is 5.75 Å². The van der Waals surface area contributed by atoms with Crippen LogP contribution in [0.15, 0.2) is 22.7 Å². The molecule has 1 saturated heterocycles. The predicted molar refractivity (Wildman–Crippen MR) is 63.1 cm³/mol. The van der Waals surface area contributed by atoms with Crippen LogP contribution in [-0.2, 0) is 4.74 Å². The summed E-state index contributed by atoms with van der Waals surface area (Å²) in [6.45, 7) is 2.32. The lowest BCUT2D eigenvalue weighted by molar-refractivity contribution is 0.0497. The first-order chi connectivity index (χ1) is 7.75. The van der Waals surface area contributed by atoms with Gasteiger partial charge in [0.25, 0.3) is 0 Å². The summed E-state index contributed by atoms with van der Waals surface area (Å²) in [7, 11) is 0. The van der Waals surface area contributed by atoms with Gasteiger partial charge in [0.15, 0.2) is 0 Å². The molecule has 2 nitrogen and oxygen atoms in total. The quantitative estimate of drug-likeness (QED) is 0.849. The molecule has 0 spiro atoms. The molecule has 0 N–H and O–H groups in total. The Morgan fingerprint density at radius 1 is 1.38 bits per heavy atom. The third kappa shape index (κ3) is 3.19. The second-order valence-corrected chi connectivity index (χ2v) is 4.80. The molecule has 0 saturated carbocycles. The van der Waals surface area contributed by atoms with Crippen molar-refractivity contribution < 1.29 is 13.9 Å². The van der Waals surface area contributed by atoms with E-state index in [1.807, 2.05) is 0 Å². The van der Waals surface area contributed by atoms with E-state index in [2.05, 4.69) is 15.9 Å². The van der Waals surface area contributed by atoms with Gasteiger partial charge in [0, 0.05) is 13.2 Å². The molecular weight excluding hydrogens is 275 g/mol. The van der Waals surface area contributed by atoms with Gasteiger partial charge in [-0.1, -0.05) is 0 Å². The molecule has 88 valence electrons. The molecule has 4 heteroatoms. The van der Waals surface area contributed by atoms with E-state index in [1.165, 1.54) is 6.07 Å². The molecular formula is C12H14BrFO2. The number of benzene rings is 1. The smallest absolute Gasteiger partial charge is 0.137 e. The van der Waals surface area contributed by atoms with Crippen molar-refractivity contribution >= 4 is 15.9 Å². The SMILES string of the molecule is Fc1ccc(OCC2CCOCC2)cc1Br. The van der Waals surface area contributed by atoms with Crippen LogP contribution in [0.1, 0.15) is 12.8 Å². The second-order valence-electron chi connectivity index (χ2n) is 3.94. The van der Waals surface area contributed by atoms with Crippen molar-refractivity contribution in [1.29, 1.82) is 0 Å². The zero-order chi connectivity index (χ0) is 11.4. The summed E-state index contributed by atoms with van der Waals surface area (Å²) in [5.74, 6) is 0.996. The van der Waals surface area contributed by atoms with Gasteiger partial charge in [-0.3, -0.25) is 0 Å². The van der Waals surface area contributed by atoms with Gasteiger partial charge < -0.3 is 9.47 Å². The van der Waals surface area contributed by atoms with E-state index >= 15 is 0 Å². The Bertz CT molecular complexity index is 351. The standard InChI is InChI=1S/C12H14BrFO2/c13-11-7-10(1-2-12(11)14)16-8-9-3-5-15-6-4-9/h1-2,7,9H,3-6,8H2. The van der Waals surface area contributed by atoms with Gasteiger partial charge in [0.1, 0.15) is 11.6 Å². The van der Waals surface area contributed by atoms with E-state index < -0.39 is 0 Å². The fourth-order valence-electron chi connectivity index (χ4n) is 1.69. The maximum atomic E-state index is 13.0. The summed E-state index contributed by atoms with van der Waals surface area (Å²) in [6, 6.07) is 4.72. The van der Waals surface area contributed by atoms with E-state index in [0.29, 0.717) is 22.7 Å². The highest BCUT2D eigenvalue weighted by atomic mass is 79.9. The zero-order valence-electron chi connectivity index (χ0n) is 8.92. The van der Waals surface area contributed by atoms with Crippen LogP contribution in [-0.4, -0.2) is 19.8 Å². The van der Waals surface area contributed by atoms with Crippen LogP contribution in [0, 0.1) is 11.7 Å². The molecule has 0 aliphatic carbocycles. The Balaban J connectivity index is 1.86. The van der Waals surface area contributed by atoms with E-state index in [9.17, 15) is 4.39 Å². The molecule has 0 aromatic heterocycles. The lowest BCUT2D eigenvalue weighted by Gasteiger charge is -2.22. The van der Waals surface area contributed by atoms with E-state index in [-0.39, 0.29) is 5.82 Å². The highest BCUT2D eigenvalue weighted by molar-refractivity contribution is 9.10. The summed E-state index contributed by atoms with van der Waals surface area (Å²) in [6.07, 6.45) is 2.09. The van der Waals surface area contributed by atoms with Gasteiger partial charge in [0.2, 0.25) is 0 Å². The first kappa shape index (κ1) is 11.9. The molecule has 0 bridgehead atoms. The van der Waals surface area contributed by atoms with Gasteiger partial charge >= 0.3 is 0 Å². The molecule has 16 heavy (non-hydrogen) atoms. The Morgan fingerprint density at radius 3 is 2.81 bits per heavy atom. The number of halogens is 2. The van der Waals surface area contributed by atoms with E-state index in [4.69, 9.17) is 9.47 Å². The molecule has 1 fully saturated rings. The number of rotatable bonds is 3. The third-order valence-corrected chi connectivity index (χ3v) is 3.33. The lowest BCUT2D eigenvalue weighted by Crippen LogP contribution is -2.21. The Hall–Kier alpha value is -0.610. The van der Waals surface area contributed by atoms with Gasteiger partial charge in [0.05, 0.1) is 11.1 Å². The van der Waals surface area contributed by atoms with E-state index in [0.717, 1.165) is 26.1 Å². The lowest BCUT2D eigenvalue weighted by atomic mass is 10.0. The van der Waals surface area contributed by atoms with Crippen LogP contribution in [0.5, 0.6) is 5.75 Å². The van der Waals surface area contributed by atoms with Crippen molar-refractivity contribution in [3.05, 3.63) is 28.5 Å².